The molecule has 1 atom stereocenters. The van der Waals surface area contributed by atoms with E-state index in [1.54, 1.807) is 0 Å². The Morgan fingerprint density at radius 1 is 1.20 bits per heavy atom. The average Bonchev–Trinajstić information content (AvgIpc) is 3.05. The van der Waals surface area contributed by atoms with Crippen molar-refractivity contribution < 1.29 is 14.3 Å². The van der Waals surface area contributed by atoms with Gasteiger partial charge in [0.1, 0.15) is 6.54 Å². The van der Waals surface area contributed by atoms with E-state index in [2.05, 4.69) is 20.7 Å². The maximum absolute atomic E-state index is 11.9. The third kappa shape index (κ3) is 5.17. The van der Waals surface area contributed by atoms with Gasteiger partial charge in [0, 0.05) is 11.6 Å². The molecule has 0 fully saturated rings. The molecule has 0 saturated heterocycles. The zero-order valence-electron chi connectivity index (χ0n) is 15.2. The topological polar surface area (TPSA) is 91.2 Å². The third-order valence-corrected chi connectivity index (χ3v) is 3.56. The second-order valence-corrected chi connectivity index (χ2v) is 5.55. The first-order valence-corrected chi connectivity index (χ1v) is 8.54. The monoisotopic (exact) mass is 347 g/mol. The summed E-state index contributed by atoms with van der Waals surface area (Å²) >= 11 is 0. The Morgan fingerprint density at radius 2 is 1.92 bits per heavy atom. The summed E-state index contributed by atoms with van der Waals surface area (Å²) in [4.78, 5) is 13.2. The van der Waals surface area contributed by atoms with E-state index in [1.165, 1.54) is 4.80 Å². The predicted molar refractivity (Wildman–Crippen MR) is 93.5 cm³/mol. The summed E-state index contributed by atoms with van der Waals surface area (Å²) in [6, 6.07) is 5.60. The second-order valence-electron chi connectivity index (χ2n) is 5.55. The van der Waals surface area contributed by atoms with Crippen molar-refractivity contribution in [1.29, 1.82) is 0 Å². The molecular formula is C17H25N5O3. The molecule has 1 aromatic carbocycles. The van der Waals surface area contributed by atoms with Crippen LogP contribution in [0.25, 0.3) is 11.4 Å². The van der Waals surface area contributed by atoms with Crippen LogP contribution in [0, 0.1) is 0 Å². The summed E-state index contributed by atoms with van der Waals surface area (Å²) < 4.78 is 11.2. The van der Waals surface area contributed by atoms with Gasteiger partial charge < -0.3 is 14.8 Å². The second kappa shape index (κ2) is 9.00. The molecule has 0 saturated carbocycles. The van der Waals surface area contributed by atoms with Crippen LogP contribution < -0.4 is 14.8 Å². The van der Waals surface area contributed by atoms with Gasteiger partial charge in [0.05, 0.1) is 13.2 Å². The van der Waals surface area contributed by atoms with E-state index in [0.717, 1.165) is 12.0 Å². The molecule has 25 heavy (non-hydrogen) atoms. The number of nitrogens with one attached hydrogen (secondary N) is 1. The molecule has 0 bridgehead atoms. The minimum Gasteiger partial charge on any atom is -0.490 e. The molecule has 0 aliphatic rings. The van der Waals surface area contributed by atoms with E-state index >= 15 is 0 Å². The molecule has 0 unspecified atom stereocenters. The highest BCUT2D eigenvalue weighted by molar-refractivity contribution is 5.75. The molecule has 2 aromatic rings. The average molecular weight is 347 g/mol. The molecule has 136 valence electrons. The number of carbonyl (C=O) groups is 1. The largest absolute Gasteiger partial charge is 0.490 e. The molecule has 0 radical (unpaired) electrons. The number of carbonyl (C=O) groups excluding carboxylic acids is 1. The van der Waals surface area contributed by atoms with Crippen molar-refractivity contribution >= 4 is 5.91 Å². The number of tetrazole rings is 1. The minimum atomic E-state index is -0.139. The Morgan fingerprint density at radius 3 is 2.60 bits per heavy atom. The lowest BCUT2D eigenvalue weighted by Crippen LogP contribution is -2.35. The maximum atomic E-state index is 11.9. The highest BCUT2D eigenvalue weighted by Gasteiger charge is 2.13. The van der Waals surface area contributed by atoms with Crippen LogP contribution in [-0.4, -0.2) is 45.4 Å². The lowest BCUT2D eigenvalue weighted by molar-refractivity contribution is -0.122. The van der Waals surface area contributed by atoms with Gasteiger partial charge in [-0.05, 0) is 50.6 Å². The number of ether oxygens (including phenoxy) is 2. The molecule has 8 nitrogen and oxygen atoms in total. The molecule has 1 heterocycles. The highest BCUT2D eigenvalue weighted by atomic mass is 16.5. The summed E-state index contributed by atoms with van der Waals surface area (Å²) in [5.41, 5.74) is 0.750. The first kappa shape index (κ1) is 18.7. The highest BCUT2D eigenvalue weighted by Crippen LogP contribution is 2.31. The Kier molecular flexibility index (Phi) is 6.73. The molecule has 1 N–H and O–H groups in total. The van der Waals surface area contributed by atoms with Crippen LogP contribution in [0.2, 0.25) is 0 Å². The van der Waals surface area contributed by atoms with Crippen LogP contribution in [0.1, 0.15) is 34.1 Å². The summed E-state index contributed by atoms with van der Waals surface area (Å²) in [5.74, 6) is 1.60. The summed E-state index contributed by atoms with van der Waals surface area (Å²) in [6.07, 6.45) is 0.869. The molecule has 0 spiro atoms. The van der Waals surface area contributed by atoms with E-state index in [1.807, 2.05) is 45.9 Å². The molecular weight excluding hydrogens is 322 g/mol. The molecule has 1 aromatic heterocycles. The van der Waals surface area contributed by atoms with Crippen LogP contribution in [0.5, 0.6) is 11.5 Å². The SMILES string of the molecule is CCOc1ccc(-c2nnn(CC(=O)N[C@@H](C)CC)n2)cc1OCC. The van der Waals surface area contributed by atoms with Gasteiger partial charge in [0.25, 0.3) is 0 Å². The number of nitrogens with zero attached hydrogens (tertiary/aromatic N) is 4. The van der Waals surface area contributed by atoms with Crippen molar-refractivity contribution in [3.8, 4) is 22.9 Å². The van der Waals surface area contributed by atoms with Crippen molar-refractivity contribution in [2.45, 2.75) is 46.7 Å². The summed E-state index contributed by atoms with van der Waals surface area (Å²) in [7, 11) is 0. The fourth-order valence-electron chi connectivity index (χ4n) is 2.17. The number of aromatic nitrogens is 4. The van der Waals surface area contributed by atoms with Gasteiger partial charge in [-0.2, -0.15) is 4.80 Å². The molecule has 0 aliphatic heterocycles. The standard InChI is InChI=1S/C17H25N5O3/c1-5-12(4)18-16(23)11-22-20-17(19-21-22)13-8-9-14(24-6-2)15(10-13)25-7-3/h8-10,12H,5-7,11H2,1-4H3,(H,18,23)/t12-/m0/s1. The van der Waals surface area contributed by atoms with E-state index < -0.39 is 0 Å². The fraction of sp³-hybridized carbons (Fsp3) is 0.529. The number of benzene rings is 1. The number of rotatable bonds is 9. The van der Waals surface area contributed by atoms with E-state index in [4.69, 9.17) is 9.47 Å². The predicted octanol–water partition coefficient (Wildman–Crippen LogP) is 2.05. The van der Waals surface area contributed by atoms with Crippen molar-refractivity contribution in [2.75, 3.05) is 13.2 Å². The van der Waals surface area contributed by atoms with Crippen LogP contribution in [0.3, 0.4) is 0 Å². The first-order chi connectivity index (χ1) is 12.1. The van der Waals surface area contributed by atoms with Crippen LogP contribution >= 0.6 is 0 Å². The third-order valence-electron chi connectivity index (χ3n) is 3.56. The zero-order chi connectivity index (χ0) is 18.2. The number of hydrogen-bond donors (Lipinski definition) is 1. The van der Waals surface area contributed by atoms with Crippen LogP contribution in [0.4, 0.5) is 0 Å². The lowest BCUT2D eigenvalue weighted by atomic mass is 10.2. The van der Waals surface area contributed by atoms with Crippen LogP contribution in [-0.2, 0) is 11.3 Å². The smallest absolute Gasteiger partial charge is 0.243 e. The Labute approximate surface area is 147 Å². The fourth-order valence-corrected chi connectivity index (χ4v) is 2.17. The normalized spacial score (nSPS) is 11.8. The quantitative estimate of drug-likeness (QED) is 0.746. The number of amides is 1. The van der Waals surface area contributed by atoms with Crippen molar-refractivity contribution in [3.63, 3.8) is 0 Å². The van der Waals surface area contributed by atoms with E-state index in [9.17, 15) is 4.79 Å². The van der Waals surface area contributed by atoms with E-state index in [0.29, 0.717) is 30.5 Å². The van der Waals surface area contributed by atoms with Gasteiger partial charge >= 0.3 is 0 Å². The van der Waals surface area contributed by atoms with Crippen LogP contribution in [0.15, 0.2) is 18.2 Å². The Balaban J connectivity index is 2.13. The summed E-state index contributed by atoms with van der Waals surface area (Å²) in [6.45, 7) is 8.91. The lowest BCUT2D eigenvalue weighted by Gasteiger charge is -2.11. The first-order valence-electron chi connectivity index (χ1n) is 8.54. The van der Waals surface area contributed by atoms with Crippen molar-refractivity contribution in [3.05, 3.63) is 18.2 Å². The van der Waals surface area contributed by atoms with Gasteiger partial charge in [0.15, 0.2) is 11.5 Å². The maximum Gasteiger partial charge on any atom is 0.243 e. The Hall–Kier alpha value is -2.64. The van der Waals surface area contributed by atoms with Crippen molar-refractivity contribution in [1.82, 2.24) is 25.5 Å². The number of hydrogen-bond acceptors (Lipinski definition) is 6. The molecule has 8 heteroatoms. The summed E-state index contributed by atoms with van der Waals surface area (Å²) in [5, 5.41) is 15.1. The minimum absolute atomic E-state index is 0.0344. The van der Waals surface area contributed by atoms with Gasteiger partial charge in [-0.3, -0.25) is 4.79 Å². The van der Waals surface area contributed by atoms with E-state index in [-0.39, 0.29) is 18.5 Å². The van der Waals surface area contributed by atoms with Gasteiger partial charge in [-0.15, -0.1) is 10.2 Å². The van der Waals surface area contributed by atoms with Crippen molar-refractivity contribution in [2.24, 2.45) is 0 Å². The molecule has 2 rings (SSSR count). The van der Waals surface area contributed by atoms with Gasteiger partial charge in [0.2, 0.25) is 11.7 Å². The zero-order valence-corrected chi connectivity index (χ0v) is 15.2. The molecule has 1 amide bonds. The van der Waals surface area contributed by atoms with Gasteiger partial charge in [-0.1, -0.05) is 6.92 Å². The Bertz CT molecular complexity index is 701. The molecule has 0 aliphatic carbocycles. The van der Waals surface area contributed by atoms with Gasteiger partial charge in [-0.25, -0.2) is 0 Å².